The fourth-order valence-corrected chi connectivity index (χ4v) is 2.52. The number of nitrogens with one attached hydrogen (secondary N) is 1. The largest absolute Gasteiger partial charge is 0.300 e. The van der Waals surface area contributed by atoms with E-state index in [1.165, 1.54) is 0 Å². The number of aromatic nitrogens is 3. The van der Waals surface area contributed by atoms with Crippen molar-refractivity contribution in [3.05, 3.63) is 72.9 Å². The van der Waals surface area contributed by atoms with Gasteiger partial charge in [-0.3, -0.25) is 9.67 Å². The van der Waals surface area contributed by atoms with Gasteiger partial charge in [-0.2, -0.15) is 5.10 Å². The summed E-state index contributed by atoms with van der Waals surface area (Å²) >= 11 is 0. The van der Waals surface area contributed by atoms with Gasteiger partial charge in [-0.1, -0.05) is 48.5 Å². The van der Waals surface area contributed by atoms with Crippen LogP contribution in [0.4, 0.5) is 0 Å². The molecule has 0 saturated carbocycles. The lowest BCUT2D eigenvalue weighted by Gasteiger charge is -2.01. The van der Waals surface area contributed by atoms with Crippen molar-refractivity contribution >= 4 is 11.0 Å². The lowest BCUT2D eigenvalue weighted by molar-refractivity contribution is 1.03. The Kier molecular flexibility index (Phi) is 2.42. The second-order valence-corrected chi connectivity index (χ2v) is 4.72. The van der Waals surface area contributed by atoms with Crippen LogP contribution in [0.2, 0.25) is 0 Å². The zero-order valence-electron chi connectivity index (χ0n) is 10.8. The van der Waals surface area contributed by atoms with E-state index in [9.17, 15) is 0 Å². The molecular formula is C17H13N3. The van der Waals surface area contributed by atoms with Crippen LogP contribution in [0.3, 0.4) is 0 Å². The first-order chi connectivity index (χ1) is 9.93. The molecule has 0 saturated heterocycles. The smallest absolute Gasteiger partial charge is 0.166 e. The Labute approximate surface area is 116 Å². The summed E-state index contributed by atoms with van der Waals surface area (Å²) in [5.41, 5.74) is 4.29. The van der Waals surface area contributed by atoms with Crippen LogP contribution < -0.4 is 0 Å². The normalized spacial score (nSPS) is 11.0. The number of para-hydroxylation sites is 1. The van der Waals surface area contributed by atoms with E-state index in [1.807, 2.05) is 36.4 Å². The topological polar surface area (TPSA) is 33.6 Å². The fourth-order valence-electron chi connectivity index (χ4n) is 2.52. The fraction of sp³-hybridized carbons (Fsp3) is 0. The van der Waals surface area contributed by atoms with Gasteiger partial charge in [-0.05, 0) is 18.2 Å². The molecule has 1 N–H and O–H groups in total. The number of hydrogen-bond donors (Lipinski definition) is 1. The van der Waals surface area contributed by atoms with Crippen molar-refractivity contribution in [2.24, 2.45) is 0 Å². The third-order valence-corrected chi connectivity index (χ3v) is 3.50. The molecule has 4 aromatic rings. The van der Waals surface area contributed by atoms with Crippen LogP contribution >= 0.6 is 0 Å². The highest BCUT2D eigenvalue weighted by Gasteiger charge is 2.11. The monoisotopic (exact) mass is 259 g/mol. The average molecular weight is 259 g/mol. The van der Waals surface area contributed by atoms with Gasteiger partial charge in [0.25, 0.3) is 0 Å². The molecule has 0 unspecified atom stereocenters. The van der Waals surface area contributed by atoms with Gasteiger partial charge in [0.2, 0.25) is 0 Å². The van der Waals surface area contributed by atoms with Crippen LogP contribution in [-0.2, 0) is 0 Å². The van der Waals surface area contributed by atoms with E-state index in [1.54, 1.807) is 0 Å². The summed E-state index contributed by atoms with van der Waals surface area (Å²) in [6.45, 7) is 0. The van der Waals surface area contributed by atoms with Gasteiger partial charge in [-0.25, -0.2) is 0 Å². The van der Waals surface area contributed by atoms with Crippen LogP contribution in [-0.4, -0.2) is 14.8 Å². The van der Waals surface area contributed by atoms with E-state index in [-0.39, 0.29) is 0 Å². The molecule has 0 amide bonds. The van der Waals surface area contributed by atoms with E-state index in [4.69, 9.17) is 0 Å². The molecule has 0 aliphatic heterocycles. The first-order valence-corrected chi connectivity index (χ1v) is 6.60. The molecular weight excluding hydrogens is 246 g/mol. The lowest BCUT2D eigenvalue weighted by Crippen LogP contribution is -1.91. The Hall–Kier alpha value is -2.81. The Morgan fingerprint density at radius 2 is 1.50 bits per heavy atom. The van der Waals surface area contributed by atoms with Crippen molar-refractivity contribution in [1.82, 2.24) is 14.8 Å². The van der Waals surface area contributed by atoms with Crippen LogP contribution in [0.1, 0.15) is 0 Å². The molecule has 3 heteroatoms. The van der Waals surface area contributed by atoms with Gasteiger partial charge in [0, 0.05) is 22.8 Å². The number of H-pyrrole nitrogens is 1. The minimum atomic E-state index is 0.954. The Morgan fingerprint density at radius 1 is 0.800 bits per heavy atom. The van der Waals surface area contributed by atoms with E-state index < -0.39 is 0 Å². The highest BCUT2D eigenvalue weighted by atomic mass is 15.2. The summed E-state index contributed by atoms with van der Waals surface area (Å²) < 4.78 is 2.10. The molecule has 0 radical (unpaired) electrons. The molecule has 2 heterocycles. The van der Waals surface area contributed by atoms with Crippen LogP contribution in [0.15, 0.2) is 72.9 Å². The molecule has 3 nitrogen and oxygen atoms in total. The van der Waals surface area contributed by atoms with Gasteiger partial charge < -0.3 is 0 Å². The van der Waals surface area contributed by atoms with Gasteiger partial charge in [0.15, 0.2) is 5.65 Å². The van der Waals surface area contributed by atoms with E-state index in [0.29, 0.717) is 0 Å². The highest BCUT2D eigenvalue weighted by Crippen LogP contribution is 2.28. The van der Waals surface area contributed by atoms with Crippen molar-refractivity contribution < 1.29 is 0 Å². The summed E-state index contributed by atoms with van der Waals surface area (Å²) in [6.07, 6.45) is 2.06. The van der Waals surface area contributed by atoms with Gasteiger partial charge in [-0.15, -0.1) is 0 Å². The predicted octanol–water partition coefficient (Wildman–Crippen LogP) is 4.02. The standard InChI is InChI=1S/C17H13N3/c1-3-7-13(8-4-1)16-15-11-12-20(17(15)19-18-16)14-9-5-2-6-10-14/h1-12H,(H,18,19). The Balaban J connectivity index is 1.91. The molecule has 0 aliphatic rings. The van der Waals surface area contributed by atoms with Crippen molar-refractivity contribution in [1.29, 1.82) is 0 Å². The van der Waals surface area contributed by atoms with Gasteiger partial charge in [0.05, 0.1) is 5.69 Å². The number of benzene rings is 2. The third kappa shape index (κ3) is 1.64. The summed E-state index contributed by atoms with van der Waals surface area (Å²) in [7, 11) is 0. The number of aromatic amines is 1. The lowest BCUT2D eigenvalue weighted by atomic mass is 10.1. The molecule has 4 rings (SSSR count). The number of fused-ring (bicyclic) bond motifs is 1. The summed E-state index contributed by atoms with van der Waals surface area (Å²) in [6, 6.07) is 22.6. The van der Waals surface area contributed by atoms with Crippen molar-refractivity contribution in [3.63, 3.8) is 0 Å². The zero-order chi connectivity index (χ0) is 13.4. The van der Waals surface area contributed by atoms with Crippen molar-refractivity contribution in [2.45, 2.75) is 0 Å². The van der Waals surface area contributed by atoms with Gasteiger partial charge in [0.1, 0.15) is 0 Å². The van der Waals surface area contributed by atoms with E-state index >= 15 is 0 Å². The summed E-state index contributed by atoms with van der Waals surface area (Å²) in [5, 5.41) is 8.76. The van der Waals surface area contributed by atoms with Crippen molar-refractivity contribution in [3.8, 4) is 16.9 Å². The summed E-state index contributed by atoms with van der Waals surface area (Å²) in [5.74, 6) is 0. The molecule has 96 valence electrons. The maximum absolute atomic E-state index is 4.47. The molecule has 20 heavy (non-hydrogen) atoms. The molecule has 0 fully saturated rings. The maximum Gasteiger partial charge on any atom is 0.166 e. The number of rotatable bonds is 2. The first-order valence-electron chi connectivity index (χ1n) is 6.60. The number of hydrogen-bond acceptors (Lipinski definition) is 1. The second kappa shape index (κ2) is 4.38. The first kappa shape index (κ1) is 11.1. The molecule has 0 aliphatic carbocycles. The van der Waals surface area contributed by atoms with Crippen LogP contribution in [0.5, 0.6) is 0 Å². The SMILES string of the molecule is c1ccc(-c2[nH]nc3c2ccn3-c2ccccc2)cc1. The predicted molar refractivity (Wildman–Crippen MR) is 80.9 cm³/mol. The minimum absolute atomic E-state index is 0.954. The van der Waals surface area contributed by atoms with Crippen LogP contribution in [0.25, 0.3) is 28.0 Å². The second-order valence-electron chi connectivity index (χ2n) is 4.72. The minimum Gasteiger partial charge on any atom is -0.300 e. The highest BCUT2D eigenvalue weighted by molar-refractivity contribution is 5.92. The Bertz CT molecular complexity index is 768. The molecule has 0 spiro atoms. The molecule has 2 aromatic carbocycles. The molecule has 2 aromatic heterocycles. The van der Waals surface area contributed by atoms with Gasteiger partial charge >= 0.3 is 0 Å². The van der Waals surface area contributed by atoms with E-state index in [2.05, 4.69) is 51.3 Å². The molecule has 0 atom stereocenters. The summed E-state index contributed by atoms with van der Waals surface area (Å²) in [4.78, 5) is 0. The number of nitrogens with zero attached hydrogens (tertiary/aromatic N) is 2. The van der Waals surface area contributed by atoms with Crippen LogP contribution in [0, 0.1) is 0 Å². The Morgan fingerprint density at radius 3 is 2.25 bits per heavy atom. The molecule has 0 bridgehead atoms. The maximum atomic E-state index is 4.47. The van der Waals surface area contributed by atoms with Crippen molar-refractivity contribution in [2.75, 3.05) is 0 Å². The quantitative estimate of drug-likeness (QED) is 0.579. The van der Waals surface area contributed by atoms with E-state index in [0.717, 1.165) is 28.0 Å². The average Bonchev–Trinajstić information content (AvgIpc) is 3.10. The third-order valence-electron chi connectivity index (χ3n) is 3.50. The zero-order valence-corrected chi connectivity index (χ0v) is 10.8.